The second-order valence-electron chi connectivity index (χ2n) is 2.81. The Hall–Kier alpha value is -2.37. The zero-order chi connectivity index (χ0) is 12.1. The maximum atomic E-state index is 10.8. The molecule has 1 aromatic rings. The molecule has 1 N–H and O–H groups in total. The zero-order valence-electron chi connectivity index (χ0n) is 8.41. The number of rotatable bonds is 4. The van der Waals surface area contributed by atoms with Crippen LogP contribution in [0, 0.1) is 10.1 Å². The predicted molar refractivity (Wildman–Crippen MR) is 56.4 cm³/mol. The number of phenols is 1. The summed E-state index contributed by atoms with van der Waals surface area (Å²) < 4.78 is 4.74. The lowest BCUT2D eigenvalue weighted by atomic mass is 10.1. The van der Waals surface area contributed by atoms with Gasteiger partial charge in [0.2, 0.25) is 5.75 Å². The van der Waals surface area contributed by atoms with Crippen molar-refractivity contribution in [3.05, 3.63) is 33.9 Å². The maximum Gasteiger partial charge on any atom is 0.322 e. The first-order chi connectivity index (χ1) is 7.61. The second kappa shape index (κ2) is 4.92. The second-order valence-corrected chi connectivity index (χ2v) is 2.81. The number of hydrogen-bond donors (Lipinski definition) is 1. The Morgan fingerprint density at radius 1 is 1.50 bits per heavy atom. The third-order valence-electron chi connectivity index (χ3n) is 1.88. The molecule has 6 nitrogen and oxygen atoms in total. The molecular formula is C10H9NO5. The lowest BCUT2D eigenvalue weighted by molar-refractivity contribution is -0.386. The highest BCUT2D eigenvalue weighted by Gasteiger charge is 2.22. The minimum absolute atomic E-state index is 0.187. The number of nitrogens with zero attached hydrogens (tertiary/aromatic N) is 1. The first kappa shape index (κ1) is 11.7. The molecule has 0 amide bonds. The Bertz CT molecular complexity index is 453. The van der Waals surface area contributed by atoms with Crippen molar-refractivity contribution < 1.29 is 19.6 Å². The molecule has 0 aliphatic heterocycles. The van der Waals surface area contributed by atoms with Gasteiger partial charge >= 0.3 is 5.69 Å². The lowest BCUT2D eigenvalue weighted by Crippen LogP contribution is -1.96. The van der Waals surface area contributed by atoms with Crippen LogP contribution in [-0.2, 0) is 4.79 Å². The van der Waals surface area contributed by atoms with Crippen LogP contribution in [0.5, 0.6) is 11.5 Å². The number of hydrogen-bond acceptors (Lipinski definition) is 5. The van der Waals surface area contributed by atoms with Crippen molar-refractivity contribution in [3.63, 3.8) is 0 Å². The molecule has 0 aromatic heterocycles. The summed E-state index contributed by atoms with van der Waals surface area (Å²) in [6.45, 7) is 0. The molecule has 0 aliphatic carbocycles. The minimum atomic E-state index is -0.678. The van der Waals surface area contributed by atoms with E-state index in [4.69, 9.17) is 4.74 Å². The van der Waals surface area contributed by atoms with E-state index in [1.54, 1.807) is 0 Å². The number of phenolic OH excluding ortho intramolecular Hbond substituents is 1. The van der Waals surface area contributed by atoms with E-state index in [0.717, 1.165) is 6.08 Å². The van der Waals surface area contributed by atoms with E-state index in [2.05, 4.69) is 0 Å². The van der Waals surface area contributed by atoms with Gasteiger partial charge in [-0.2, -0.15) is 0 Å². The molecule has 0 bridgehead atoms. The van der Waals surface area contributed by atoms with Gasteiger partial charge in [-0.25, -0.2) is 0 Å². The summed E-state index contributed by atoms with van der Waals surface area (Å²) in [6.07, 6.45) is 2.90. The first-order valence-corrected chi connectivity index (χ1v) is 4.28. The predicted octanol–water partition coefficient (Wildman–Crippen LogP) is 1.52. The zero-order valence-corrected chi connectivity index (χ0v) is 8.41. The van der Waals surface area contributed by atoms with Crippen LogP contribution in [0.25, 0.3) is 6.08 Å². The molecular weight excluding hydrogens is 214 g/mol. The number of carbonyl (C=O) groups is 1. The molecule has 0 unspecified atom stereocenters. The van der Waals surface area contributed by atoms with Crippen molar-refractivity contribution in [2.24, 2.45) is 0 Å². The molecule has 0 heterocycles. The summed E-state index contributed by atoms with van der Waals surface area (Å²) in [6, 6.07) is 2.59. The van der Waals surface area contributed by atoms with Crippen LogP contribution in [-0.4, -0.2) is 23.4 Å². The Balaban J connectivity index is 3.44. The summed E-state index contributed by atoms with van der Waals surface area (Å²) in [4.78, 5) is 20.3. The largest absolute Gasteiger partial charge is 0.504 e. The maximum absolute atomic E-state index is 10.8. The highest BCUT2D eigenvalue weighted by molar-refractivity contribution is 5.78. The summed E-state index contributed by atoms with van der Waals surface area (Å²) >= 11 is 0. The Labute approximate surface area is 90.9 Å². The number of benzene rings is 1. The van der Waals surface area contributed by atoms with Gasteiger partial charge < -0.3 is 9.84 Å². The van der Waals surface area contributed by atoms with Gasteiger partial charge in [0, 0.05) is 0 Å². The Kier molecular flexibility index (Phi) is 3.60. The number of nitro groups is 1. The van der Waals surface area contributed by atoms with Crippen LogP contribution in [0.4, 0.5) is 5.69 Å². The quantitative estimate of drug-likeness (QED) is 0.361. The van der Waals surface area contributed by atoms with E-state index >= 15 is 0 Å². The summed E-state index contributed by atoms with van der Waals surface area (Å²) in [5, 5.41) is 20.2. The molecule has 0 spiro atoms. The summed E-state index contributed by atoms with van der Waals surface area (Å²) in [5.74, 6) is -0.546. The van der Waals surface area contributed by atoms with Crippen LogP contribution < -0.4 is 4.74 Å². The third-order valence-corrected chi connectivity index (χ3v) is 1.88. The van der Waals surface area contributed by atoms with Gasteiger partial charge in [-0.15, -0.1) is 0 Å². The average molecular weight is 223 g/mol. The van der Waals surface area contributed by atoms with Crippen LogP contribution >= 0.6 is 0 Å². The fourth-order valence-electron chi connectivity index (χ4n) is 1.24. The standard InChI is InChI=1S/C10H9NO5/c1-16-10-8(13)5-4-7(3-2-6-12)9(10)11(14)15/h2-6,13H,1H3. The Morgan fingerprint density at radius 2 is 2.19 bits per heavy atom. The molecule has 0 saturated heterocycles. The molecule has 1 rings (SSSR count). The normalized spacial score (nSPS) is 10.3. The smallest absolute Gasteiger partial charge is 0.322 e. The minimum Gasteiger partial charge on any atom is -0.504 e. The van der Waals surface area contributed by atoms with Crippen LogP contribution in [0.3, 0.4) is 0 Å². The monoisotopic (exact) mass is 223 g/mol. The Morgan fingerprint density at radius 3 is 2.69 bits per heavy atom. The highest BCUT2D eigenvalue weighted by Crippen LogP contribution is 2.39. The van der Waals surface area contributed by atoms with E-state index in [1.165, 1.54) is 25.3 Å². The van der Waals surface area contributed by atoms with E-state index in [9.17, 15) is 20.0 Å². The number of aromatic hydroxyl groups is 1. The number of aldehydes is 1. The topological polar surface area (TPSA) is 89.7 Å². The summed E-state index contributed by atoms with van der Waals surface area (Å²) in [5.41, 5.74) is -0.188. The molecule has 0 fully saturated rings. The first-order valence-electron chi connectivity index (χ1n) is 4.28. The fraction of sp³-hybridized carbons (Fsp3) is 0.100. The SMILES string of the molecule is COc1c(O)ccc(C=CC=O)c1[N+](=O)[O-]. The molecule has 0 saturated carbocycles. The van der Waals surface area contributed by atoms with Crippen molar-refractivity contribution in [3.8, 4) is 11.5 Å². The van der Waals surface area contributed by atoms with E-state index in [-0.39, 0.29) is 22.7 Å². The third kappa shape index (κ3) is 2.17. The fourth-order valence-corrected chi connectivity index (χ4v) is 1.24. The van der Waals surface area contributed by atoms with Crippen LogP contribution in [0.15, 0.2) is 18.2 Å². The molecule has 0 radical (unpaired) electrons. The van der Waals surface area contributed by atoms with Gasteiger partial charge in [-0.05, 0) is 24.3 Å². The number of allylic oxidation sites excluding steroid dienone is 1. The van der Waals surface area contributed by atoms with Crippen molar-refractivity contribution >= 4 is 18.0 Å². The van der Waals surface area contributed by atoms with E-state index < -0.39 is 4.92 Å². The van der Waals surface area contributed by atoms with E-state index in [1.807, 2.05) is 0 Å². The molecule has 6 heteroatoms. The van der Waals surface area contributed by atoms with Gasteiger partial charge in [0.1, 0.15) is 6.29 Å². The number of methoxy groups -OCH3 is 1. The van der Waals surface area contributed by atoms with Gasteiger partial charge in [-0.3, -0.25) is 14.9 Å². The van der Waals surface area contributed by atoms with Crippen molar-refractivity contribution in [2.45, 2.75) is 0 Å². The molecule has 0 aliphatic rings. The van der Waals surface area contributed by atoms with Crippen LogP contribution in [0.1, 0.15) is 5.56 Å². The molecule has 84 valence electrons. The van der Waals surface area contributed by atoms with Gasteiger partial charge in [-0.1, -0.05) is 0 Å². The molecule has 16 heavy (non-hydrogen) atoms. The van der Waals surface area contributed by atoms with Crippen molar-refractivity contribution in [2.75, 3.05) is 7.11 Å². The van der Waals surface area contributed by atoms with Gasteiger partial charge in [0.05, 0.1) is 17.6 Å². The van der Waals surface area contributed by atoms with Crippen molar-refractivity contribution in [1.29, 1.82) is 0 Å². The average Bonchev–Trinajstić information content (AvgIpc) is 2.26. The van der Waals surface area contributed by atoms with Crippen LogP contribution in [0.2, 0.25) is 0 Å². The van der Waals surface area contributed by atoms with E-state index in [0.29, 0.717) is 6.29 Å². The number of nitro benzene ring substituents is 1. The highest BCUT2D eigenvalue weighted by atomic mass is 16.6. The number of carbonyl (C=O) groups excluding carboxylic acids is 1. The van der Waals surface area contributed by atoms with Crippen molar-refractivity contribution in [1.82, 2.24) is 0 Å². The number of ether oxygens (including phenoxy) is 1. The summed E-state index contributed by atoms with van der Waals surface area (Å²) in [7, 11) is 1.22. The molecule has 1 aromatic carbocycles. The van der Waals surface area contributed by atoms with Gasteiger partial charge in [0.25, 0.3) is 0 Å². The van der Waals surface area contributed by atoms with Gasteiger partial charge in [0.15, 0.2) is 5.75 Å². The molecule has 0 atom stereocenters. The lowest BCUT2D eigenvalue weighted by Gasteiger charge is -2.05.